The maximum Gasteiger partial charge on any atom is 0.244 e. The van der Waals surface area contributed by atoms with Crippen LogP contribution < -0.4 is 10.5 Å². The Bertz CT molecular complexity index is 532. The molecular weight excluding hydrogens is 240 g/mol. The van der Waals surface area contributed by atoms with Crippen LogP contribution in [0.4, 0.5) is 5.69 Å². The number of rotatable bonds is 3. The van der Waals surface area contributed by atoms with E-state index in [-0.39, 0.29) is 12.5 Å². The van der Waals surface area contributed by atoms with Crippen LogP contribution in [0.5, 0.6) is 11.6 Å². The predicted octanol–water partition coefficient (Wildman–Crippen LogP) is 2.60. The zero-order chi connectivity index (χ0) is 12.3. The number of pyridine rings is 1. The van der Waals surface area contributed by atoms with Crippen molar-refractivity contribution in [1.29, 1.82) is 0 Å². The van der Waals surface area contributed by atoms with E-state index >= 15 is 0 Å². The first-order chi connectivity index (χ1) is 8.19. The number of hydrogen-bond donors (Lipinski definition) is 2. The molecule has 0 spiro atoms. The van der Waals surface area contributed by atoms with Gasteiger partial charge in [0.2, 0.25) is 5.88 Å². The lowest BCUT2D eigenvalue weighted by molar-refractivity contribution is 0.281. The molecule has 0 atom stereocenters. The summed E-state index contributed by atoms with van der Waals surface area (Å²) in [6.07, 6.45) is 0. The molecule has 0 aliphatic heterocycles. The van der Waals surface area contributed by atoms with Crippen LogP contribution in [0.25, 0.3) is 0 Å². The van der Waals surface area contributed by atoms with Gasteiger partial charge in [0, 0.05) is 0 Å². The molecule has 4 nitrogen and oxygen atoms in total. The quantitative estimate of drug-likeness (QED) is 0.822. The van der Waals surface area contributed by atoms with E-state index in [4.69, 9.17) is 27.2 Å². The highest BCUT2D eigenvalue weighted by atomic mass is 35.5. The van der Waals surface area contributed by atoms with Crippen LogP contribution in [-0.2, 0) is 6.61 Å². The third kappa shape index (κ3) is 2.87. The van der Waals surface area contributed by atoms with Gasteiger partial charge >= 0.3 is 0 Å². The molecule has 0 saturated carbocycles. The largest absolute Gasteiger partial charge is 0.437 e. The van der Waals surface area contributed by atoms with Gasteiger partial charge in [-0.3, -0.25) is 0 Å². The number of aromatic nitrogens is 1. The first-order valence-electron chi connectivity index (χ1n) is 4.98. The lowest BCUT2D eigenvalue weighted by Crippen LogP contribution is -1.95. The SMILES string of the molecule is Nc1ccc(Cl)nc1Oc1cccc(CO)c1. The van der Waals surface area contributed by atoms with E-state index in [1.807, 2.05) is 0 Å². The number of halogens is 1. The van der Waals surface area contributed by atoms with Crippen LogP contribution in [-0.4, -0.2) is 10.1 Å². The van der Waals surface area contributed by atoms with Crippen molar-refractivity contribution in [2.45, 2.75) is 6.61 Å². The maximum absolute atomic E-state index is 9.01. The standard InChI is InChI=1S/C12H11ClN2O2/c13-11-5-4-10(14)12(15-11)17-9-3-1-2-8(6-9)7-16/h1-6,16H,7,14H2. The van der Waals surface area contributed by atoms with Gasteiger partial charge in [-0.1, -0.05) is 23.7 Å². The molecule has 0 radical (unpaired) electrons. The van der Waals surface area contributed by atoms with Gasteiger partial charge in [-0.15, -0.1) is 0 Å². The second-order valence-electron chi connectivity index (χ2n) is 3.44. The maximum atomic E-state index is 9.01. The van der Waals surface area contributed by atoms with Crippen molar-refractivity contribution in [2.24, 2.45) is 0 Å². The van der Waals surface area contributed by atoms with Gasteiger partial charge in [0.05, 0.1) is 12.3 Å². The number of aliphatic hydroxyl groups is 1. The number of benzene rings is 1. The minimum Gasteiger partial charge on any atom is -0.437 e. The number of nitrogens with zero attached hydrogens (tertiary/aromatic N) is 1. The normalized spacial score (nSPS) is 10.2. The lowest BCUT2D eigenvalue weighted by atomic mass is 10.2. The first-order valence-corrected chi connectivity index (χ1v) is 5.36. The summed E-state index contributed by atoms with van der Waals surface area (Å²) < 4.78 is 5.50. The summed E-state index contributed by atoms with van der Waals surface area (Å²) in [7, 11) is 0. The van der Waals surface area contributed by atoms with E-state index in [1.165, 1.54) is 0 Å². The highest BCUT2D eigenvalue weighted by molar-refractivity contribution is 6.29. The summed E-state index contributed by atoms with van der Waals surface area (Å²) in [5.41, 5.74) is 6.87. The van der Waals surface area contributed by atoms with E-state index in [2.05, 4.69) is 4.98 Å². The van der Waals surface area contributed by atoms with Crippen LogP contribution in [0, 0.1) is 0 Å². The van der Waals surface area contributed by atoms with E-state index in [9.17, 15) is 0 Å². The van der Waals surface area contributed by atoms with Crippen molar-refractivity contribution < 1.29 is 9.84 Å². The highest BCUT2D eigenvalue weighted by Gasteiger charge is 2.05. The van der Waals surface area contributed by atoms with Gasteiger partial charge < -0.3 is 15.6 Å². The summed E-state index contributed by atoms with van der Waals surface area (Å²) in [6.45, 7) is -0.0460. The molecule has 0 aliphatic carbocycles. The van der Waals surface area contributed by atoms with Crippen LogP contribution >= 0.6 is 11.6 Å². The fourth-order valence-corrected chi connectivity index (χ4v) is 1.47. The van der Waals surface area contributed by atoms with Crippen LogP contribution in [0.15, 0.2) is 36.4 Å². The molecule has 0 amide bonds. The molecule has 0 fully saturated rings. The number of nitrogen functional groups attached to an aromatic ring is 1. The molecule has 0 aliphatic rings. The Balaban J connectivity index is 2.27. The Labute approximate surface area is 104 Å². The molecule has 0 bridgehead atoms. The second kappa shape index (κ2) is 5.03. The third-order valence-corrected chi connectivity index (χ3v) is 2.36. The molecule has 88 valence electrons. The van der Waals surface area contributed by atoms with Gasteiger partial charge in [-0.2, -0.15) is 4.98 Å². The van der Waals surface area contributed by atoms with Gasteiger partial charge in [0.1, 0.15) is 10.9 Å². The van der Waals surface area contributed by atoms with Crippen molar-refractivity contribution in [3.8, 4) is 11.6 Å². The minimum absolute atomic E-state index is 0.0460. The van der Waals surface area contributed by atoms with Gasteiger partial charge in [-0.25, -0.2) is 0 Å². The third-order valence-electron chi connectivity index (χ3n) is 2.15. The summed E-state index contributed by atoms with van der Waals surface area (Å²) in [5, 5.41) is 9.32. The van der Waals surface area contributed by atoms with Crippen molar-refractivity contribution >= 4 is 17.3 Å². The molecule has 2 aromatic rings. The Morgan fingerprint density at radius 2 is 2.12 bits per heavy atom. The molecule has 3 N–H and O–H groups in total. The molecule has 1 aromatic carbocycles. The van der Waals surface area contributed by atoms with E-state index in [1.54, 1.807) is 36.4 Å². The van der Waals surface area contributed by atoms with Crippen molar-refractivity contribution in [1.82, 2.24) is 4.98 Å². The summed E-state index contributed by atoms with van der Waals surface area (Å²) in [4.78, 5) is 3.98. The Kier molecular flexibility index (Phi) is 3.46. The van der Waals surface area contributed by atoms with Gasteiger partial charge in [0.15, 0.2) is 0 Å². The van der Waals surface area contributed by atoms with Gasteiger partial charge in [0.25, 0.3) is 0 Å². The molecule has 2 rings (SSSR count). The summed E-state index contributed by atoms with van der Waals surface area (Å²) in [5.74, 6) is 0.811. The van der Waals surface area contributed by atoms with Gasteiger partial charge in [-0.05, 0) is 29.8 Å². The second-order valence-corrected chi connectivity index (χ2v) is 3.82. The molecule has 0 unspecified atom stereocenters. The van der Waals surface area contributed by atoms with E-state index in [0.29, 0.717) is 16.6 Å². The topological polar surface area (TPSA) is 68.4 Å². The molecule has 17 heavy (non-hydrogen) atoms. The van der Waals surface area contributed by atoms with E-state index < -0.39 is 0 Å². The zero-order valence-electron chi connectivity index (χ0n) is 8.93. The summed E-state index contributed by atoms with van der Waals surface area (Å²) in [6, 6.07) is 10.3. The summed E-state index contributed by atoms with van der Waals surface area (Å²) >= 11 is 5.75. The fourth-order valence-electron chi connectivity index (χ4n) is 1.33. The highest BCUT2D eigenvalue weighted by Crippen LogP contribution is 2.27. The van der Waals surface area contributed by atoms with Crippen molar-refractivity contribution in [2.75, 3.05) is 5.73 Å². The Hall–Kier alpha value is -1.78. The molecule has 1 aromatic heterocycles. The lowest BCUT2D eigenvalue weighted by Gasteiger charge is -2.08. The minimum atomic E-state index is -0.0460. The monoisotopic (exact) mass is 250 g/mol. The van der Waals surface area contributed by atoms with Crippen LogP contribution in [0.2, 0.25) is 5.15 Å². The molecular formula is C12H11ClN2O2. The zero-order valence-corrected chi connectivity index (χ0v) is 9.69. The molecule has 1 heterocycles. The molecule has 0 saturated heterocycles. The smallest absolute Gasteiger partial charge is 0.244 e. The number of hydrogen-bond acceptors (Lipinski definition) is 4. The average molecular weight is 251 g/mol. The van der Waals surface area contributed by atoms with Crippen molar-refractivity contribution in [3.05, 3.63) is 47.1 Å². The Morgan fingerprint density at radius 1 is 1.29 bits per heavy atom. The number of aliphatic hydroxyl groups excluding tert-OH is 1. The number of nitrogens with two attached hydrogens (primary N) is 1. The van der Waals surface area contributed by atoms with Crippen LogP contribution in [0.3, 0.4) is 0 Å². The average Bonchev–Trinajstić information content (AvgIpc) is 2.34. The number of ether oxygens (including phenoxy) is 1. The number of anilines is 1. The Morgan fingerprint density at radius 3 is 2.88 bits per heavy atom. The fraction of sp³-hybridized carbons (Fsp3) is 0.0833. The first kappa shape index (κ1) is 11.7. The van der Waals surface area contributed by atoms with Crippen molar-refractivity contribution in [3.63, 3.8) is 0 Å². The molecule has 5 heteroatoms. The van der Waals surface area contributed by atoms with E-state index in [0.717, 1.165) is 5.56 Å². The predicted molar refractivity (Wildman–Crippen MR) is 66.1 cm³/mol. The van der Waals surface area contributed by atoms with Crippen LogP contribution in [0.1, 0.15) is 5.56 Å².